The van der Waals surface area contributed by atoms with Crippen molar-refractivity contribution in [2.45, 2.75) is 0 Å². The van der Waals surface area contributed by atoms with Gasteiger partial charge in [0.1, 0.15) is 5.82 Å². The highest BCUT2D eigenvalue weighted by atomic mass is 35.5. The molecule has 3 heteroatoms. The van der Waals surface area contributed by atoms with E-state index in [1.165, 1.54) is 6.07 Å². The fraction of sp³-hybridized carbons (Fsp3) is 0.143. The molecule has 0 fully saturated rings. The minimum absolute atomic E-state index is 0.196. The van der Waals surface area contributed by atoms with Gasteiger partial charge in [-0.25, -0.2) is 4.39 Å². The van der Waals surface area contributed by atoms with Crippen molar-refractivity contribution < 1.29 is 4.39 Å². The molecule has 0 bridgehead atoms. The van der Waals surface area contributed by atoms with Crippen LogP contribution in [0.3, 0.4) is 0 Å². The van der Waals surface area contributed by atoms with Crippen LogP contribution in [-0.4, -0.2) is 6.66 Å². The van der Waals surface area contributed by atoms with Crippen LogP contribution in [0.15, 0.2) is 18.2 Å². The van der Waals surface area contributed by atoms with Gasteiger partial charge in [0.25, 0.3) is 0 Å². The van der Waals surface area contributed by atoms with E-state index in [1.807, 2.05) is 12.7 Å². The van der Waals surface area contributed by atoms with E-state index in [0.29, 0.717) is 8.58 Å². The van der Waals surface area contributed by atoms with Crippen molar-refractivity contribution in [1.29, 1.82) is 0 Å². The molecule has 0 N–H and O–H groups in total. The molecule has 0 aliphatic rings. The number of rotatable bonds is 1. The summed E-state index contributed by atoms with van der Waals surface area (Å²) >= 11 is 5.47. The summed E-state index contributed by atoms with van der Waals surface area (Å²) in [5, 5.41) is 1.20. The second-order valence-electron chi connectivity index (χ2n) is 1.88. The largest absolute Gasteiger partial charge is 0.205 e. The third-order valence-corrected chi connectivity index (χ3v) is 2.40. The van der Waals surface area contributed by atoms with E-state index in [-0.39, 0.29) is 10.8 Å². The molecule has 10 heavy (non-hydrogen) atoms. The summed E-state index contributed by atoms with van der Waals surface area (Å²) in [6, 6.07) is 4.90. The summed E-state index contributed by atoms with van der Waals surface area (Å²) in [5.41, 5.74) is 0. The Morgan fingerprint density at radius 2 is 2.20 bits per heavy atom. The van der Waals surface area contributed by atoms with Crippen LogP contribution >= 0.6 is 20.2 Å². The van der Waals surface area contributed by atoms with Gasteiger partial charge < -0.3 is 0 Å². The highest BCUT2D eigenvalue weighted by Crippen LogP contribution is 2.14. The SMILES string of the molecule is CPc1ccc(Cl)c(F)c1. The zero-order valence-electron chi connectivity index (χ0n) is 5.49. The maximum atomic E-state index is 12.6. The van der Waals surface area contributed by atoms with Gasteiger partial charge in [-0.1, -0.05) is 26.2 Å². The molecule has 0 aromatic heterocycles. The van der Waals surface area contributed by atoms with E-state index < -0.39 is 0 Å². The lowest BCUT2D eigenvalue weighted by Crippen LogP contribution is -1.93. The predicted molar refractivity (Wildman–Crippen MR) is 45.3 cm³/mol. The fourth-order valence-electron chi connectivity index (χ4n) is 0.652. The normalized spacial score (nSPS) is 11.1. The predicted octanol–water partition coefficient (Wildman–Crippen LogP) is 2.41. The van der Waals surface area contributed by atoms with Crippen molar-refractivity contribution in [3.63, 3.8) is 0 Å². The van der Waals surface area contributed by atoms with Gasteiger partial charge >= 0.3 is 0 Å². The van der Waals surface area contributed by atoms with Gasteiger partial charge in [0, 0.05) is 0 Å². The average Bonchev–Trinajstić information content (AvgIpc) is 1.95. The lowest BCUT2D eigenvalue weighted by molar-refractivity contribution is 0.629. The van der Waals surface area contributed by atoms with Crippen molar-refractivity contribution in [1.82, 2.24) is 0 Å². The maximum absolute atomic E-state index is 12.6. The maximum Gasteiger partial charge on any atom is 0.142 e. The Balaban J connectivity index is 3.04. The third-order valence-electron chi connectivity index (χ3n) is 1.21. The van der Waals surface area contributed by atoms with Gasteiger partial charge in [-0.05, 0) is 24.1 Å². The van der Waals surface area contributed by atoms with Crippen molar-refractivity contribution in [2.75, 3.05) is 6.66 Å². The van der Waals surface area contributed by atoms with Gasteiger partial charge in [0.15, 0.2) is 0 Å². The molecule has 0 saturated heterocycles. The molecule has 0 radical (unpaired) electrons. The van der Waals surface area contributed by atoms with E-state index in [9.17, 15) is 4.39 Å². The molecule has 0 amide bonds. The molecule has 0 aliphatic heterocycles. The van der Waals surface area contributed by atoms with Crippen molar-refractivity contribution in [3.8, 4) is 0 Å². The second kappa shape index (κ2) is 3.32. The average molecular weight is 177 g/mol. The Kier molecular flexibility index (Phi) is 2.64. The first-order valence-electron chi connectivity index (χ1n) is 2.87. The number of benzene rings is 1. The number of halogens is 2. The summed E-state index contributed by atoms with van der Waals surface area (Å²) in [5.74, 6) is -0.325. The quantitative estimate of drug-likeness (QED) is 0.577. The lowest BCUT2D eigenvalue weighted by atomic mass is 10.3. The molecule has 1 aromatic rings. The summed E-state index contributed by atoms with van der Waals surface area (Å²) in [6.07, 6.45) is 0. The minimum Gasteiger partial charge on any atom is -0.205 e. The molecule has 0 heterocycles. The smallest absolute Gasteiger partial charge is 0.142 e. The molecule has 54 valence electrons. The molecule has 0 nitrogen and oxygen atoms in total. The van der Waals surface area contributed by atoms with E-state index in [1.54, 1.807) is 6.07 Å². The molecular weight excluding hydrogens is 170 g/mol. The topological polar surface area (TPSA) is 0 Å². The molecule has 0 aliphatic carbocycles. The van der Waals surface area contributed by atoms with Gasteiger partial charge in [0.05, 0.1) is 5.02 Å². The first-order valence-corrected chi connectivity index (χ1v) is 4.74. The summed E-state index contributed by atoms with van der Waals surface area (Å²) in [4.78, 5) is 0. The van der Waals surface area contributed by atoms with Crippen LogP contribution in [0.2, 0.25) is 5.02 Å². The van der Waals surface area contributed by atoms with Crippen LogP contribution in [0.4, 0.5) is 4.39 Å². The molecular formula is C7H7ClFP. The zero-order chi connectivity index (χ0) is 7.56. The van der Waals surface area contributed by atoms with Gasteiger partial charge in [-0.15, -0.1) is 0 Å². The van der Waals surface area contributed by atoms with Crippen molar-refractivity contribution in [2.24, 2.45) is 0 Å². The fourth-order valence-corrected chi connectivity index (χ4v) is 1.29. The van der Waals surface area contributed by atoms with Crippen LogP contribution in [-0.2, 0) is 0 Å². The van der Waals surface area contributed by atoms with Crippen LogP contribution < -0.4 is 5.30 Å². The Labute approximate surface area is 66.2 Å². The van der Waals surface area contributed by atoms with Crippen LogP contribution in [0.25, 0.3) is 0 Å². The monoisotopic (exact) mass is 176 g/mol. The summed E-state index contributed by atoms with van der Waals surface area (Å²) in [7, 11) is 0.624. The molecule has 1 rings (SSSR count). The molecule has 0 spiro atoms. The first kappa shape index (κ1) is 7.97. The minimum atomic E-state index is -0.325. The number of hydrogen-bond acceptors (Lipinski definition) is 0. The van der Waals surface area contributed by atoms with E-state index in [4.69, 9.17) is 11.6 Å². The van der Waals surface area contributed by atoms with Gasteiger partial charge in [0.2, 0.25) is 0 Å². The standard InChI is InChI=1S/C7H7ClFP/c1-10-5-2-3-6(8)7(9)4-5/h2-4,10H,1H3. The number of hydrogen-bond donors (Lipinski definition) is 0. The van der Waals surface area contributed by atoms with Crippen molar-refractivity contribution in [3.05, 3.63) is 29.0 Å². The Morgan fingerprint density at radius 1 is 1.50 bits per heavy atom. The van der Waals surface area contributed by atoms with Crippen molar-refractivity contribution >= 4 is 25.5 Å². The Bertz CT molecular complexity index is 237. The molecule has 1 aromatic carbocycles. The highest BCUT2D eigenvalue weighted by Gasteiger charge is 1.97. The summed E-state index contributed by atoms with van der Waals surface area (Å²) < 4.78 is 12.6. The lowest BCUT2D eigenvalue weighted by Gasteiger charge is -1.96. The van der Waals surface area contributed by atoms with Gasteiger partial charge in [-0.3, -0.25) is 0 Å². The van der Waals surface area contributed by atoms with Crippen LogP contribution in [0, 0.1) is 5.82 Å². The van der Waals surface area contributed by atoms with Gasteiger partial charge in [-0.2, -0.15) is 0 Å². The van der Waals surface area contributed by atoms with E-state index in [0.717, 1.165) is 5.30 Å². The Morgan fingerprint density at radius 3 is 2.70 bits per heavy atom. The zero-order valence-corrected chi connectivity index (χ0v) is 7.24. The Hall–Kier alpha value is -0.130. The molecule has 1 atom stereocenters. The van der Waals surface area contributed by atoms with E-state index >= 15 is 0 Å². The first-order chi connectivity index (χ1) is 4.74. The summed E-state index contributed by atoms with van der Waals surface area (Å²) in [6.45, 7) is 2.00. The highest BCUT2D eigenvalue weighted by molar-refractivity contribution is 7.46. The molecule has 0 saturated carbocycles. The van der Waals surface area contributed by atoms with E-state index in [2.05, 4.69) is 0 Å². The molecule has 1 unspecified atom stereocenters. The van der Waals surface area contributed by atoms with Crippen LogP contribution in [0.1, 0.15) is 0 Å². The third kappa shape index (κ3) is 1.68. The van der Waals surface area contributed by atoms with Crippen LogP contribution in [0.5, 0.6) is 0 Å². The second-order valence-corrected chi connectivity index (χ2v) is 3.36.